The second-order valence-corrected chi connectivity index (χ2v) is 8.44. The molecule has 0 atom stereocenters. The molecule has 4 aromatic rings. The molecule has 0 spiro atoms. The molecule has 7 heteroatoms. The molecule has 0 bridgehead atoms. The maximum atomic E-state index is 12.2. The molecule has 4 rings (SSSR count). The van der Waals surface area contributed by atoms with Gasteiger partial charge in [-0.25, -0.2) is 4.98 Å². The second kappa shape index (κ2) is 9.92. The van der Waals surface area contributed by atoms with Crippen LogP contribution in [0.1, 0.15) is 32.3 Å². The number of thioether (sulfide) groups is 1. The first-order chi connectivity index (χ1) is 15.2. The number of amides is 1. The van der Waals surface area contributed by atoms with Crippen LogP contribution in [0.3, 0.4) is 0 Å². The van der Waals surface area contributed by atoms with Gasteiger partial charge in [-0.1, -0.05) is 60.3 Å². The average Bonchev–Trinajstić information content (AvgIpc) is 3.11. The Balaban J connectivity index is 1.54. The Labute approximate surface area is 186 Å². The Kier molecular flexibility index (Phi) is 6.82. The van der Waals surface area contributed by atoms with Gasteiger partial charge in [-0.3, -0.25) is 4.79 Å². The molecular formula is C24H27N5OS. The summed E-state index contributed by atoms with van der Waals surface area (Å²) in [5, 5.41) is 10.6. The lowest BCUT2D eigenvalue weighted by Crippen LogP contribution is -2.30. The topological polar surface area (TPSA) is 63.9 Å². The summed E-state index contributed by atoms with van der Waals surface area (Å²) < 4.78 is 2.21. The average molecular weight is 434 g/mol. The zero-order chi connectivity index (χ0) is 21.6. The molecule has 0 radical (unpaired) electrons. The van der Waals surface area contributed by atoms with Gasteiger partial charge in [0.05, 0.1) is 5.52 Å². The van der Waals surface area contributed by atoms with Crippen LogP contribution in [0.25, 0.3) is 22.1 Å². The predicted molar refractivity (Wildman–Crippen MR) is 126 cm³/mol. The third-order valence-corrected chi connectivity index (χ3v) is 6.34. The van der Waals surface area contributed by atoms with Crippen molar-refractivity contribution in [2.75, 3.05) is 18.8 Å². The number of aromatic nitrogens is 4. The summed E-state index contributed by atoms with van der Waals surface area (Å²) >= 11 is 1.56. The van der Waals surface area contributed by atoms with E-state index in [0.717, 1.165) is 53.9 Å². The standard InChI is InChI=1S/C24H27N5OS/c1-3-28(4-2)21(30)15-10-16-31-24-25-23-22(26-27-24)19-13-8-9-14-20(19)29(23)17-18-11-6-5-7-12-18/h5-9,11-14H,3-4,10,15-17H2,1-2H3. The molecule has 0 fully saturated rings. The highest BCUT2D eigenvalue weighted by atomic mass is 32.2. The molecule has 2 heterocycles. The number of hydrogen-bond donors (Lipinski definition) is 0. The van der Waals surface area contributed by atoms with Gasteiger partial charge < -0.3 is 9.47 Å². The van der Waals surface area contributed by atoms with Crippen LogP contribution >= 0.6 is 11.8 Å². The molecule has 0 unspecified atom stereocenters. The Hall–Kier alpha value is -2.93. The van der Waals surface area contributed by atoms with E-state index in [2.05, 4.69) is 51.2 Å². The number of benzene rings is 2. The van der Waals surface area contributed by atoms with Crippen molar-refractivity contribution in [1.82, 2.24) is 24.6 Å². The van der Waals surface area contributed by atoms with Gasteiger partial charge in [-0.2, -0.15) is 0 Å². The molecule has 1 amide bonds. The molecule has 160 valence electrons. The van der Waals surface area contributed by atoms with Crippen molar-refractivity contribution in [2.45, 2.75) is 38.4 Å². The highest BCUT2D eigenvalue weighted by molar-refractivity contribution is 7.99. The van der Waals surface area contributed by atoms with Gasteiger partial charge in [0.1, 0.15) is 5.52 Å². The predicted octanol–water partition coefficient (Wildman–Crippen LogP) is 4.77. The van der Waals surface area contributed by atoms with E-state index in [0.29, 0.717) is 11.6 Å². The van der Waals surface area contributed by atoms with E-state index in [-0.39, 0.29) is 5.91 Å². The lowest BCUT2D eigenvalue weighted by Gasteiger charge is -2.18. The SMILES string of the molecule is CCN(CC)C(=O)CCCSc1nnc2c3ccccc3n(Cc3ccccc3)c2n1. The Bertz CT molecular complexity index is 1170. The summed E-state index contributed by atoms with van der Waals surface area (Å²) in [6, 6.07) is 18.6. The van der Waals surface area contributed by atoms with Crippen LogP contribution in [-0.4, -0.2) is 49.4 Å². The minimum absolute atomic E-state index is 0.211. The molecule has 0 saturated carbocycles. The number of carbonyl (C=O) groups excluding carboxylic acids is 1. The van der Waals surface area contributed by atoms with Crippen LogP contribution in [0.2, 0.25) is 0 Å². The van der Waals surface area contributed by atoms with Gasteiger partial charge in [-0.15, -0.1) is 10.2 Å². The van der Waals surface area contributed by atoms with Crippen molar-refractivity contribution >= 4 is 39.7 Å². The maximum absolute atomic E-state index is 12.2. The van der Waals surface area contributed by atoms with Crippen molar-refractivity contribution in [2.24, 2.45) is 0 Å². The Morgan fingerprint density at radius 3 is 2.52 bits per heavy atom. The number of fused-ring (bicyclic) bond motifs is 3. The van der Waals surface area contributed by atoms with Crippen molar-refractivity contribution in [3.63, 3.8) is 0 Å². The quantitative estimate of drug-likeness (QED) is 0.281. The fourth-order valence-corrected chi connectivity index (χ4v) is 4.52. The Morgan fingerprint density at radius 1 is 1.00 bits per heavy atom. The summed E-state index contributed by atoms with van der Waals surface area (Å²) in [6.45, 7) is 6.28. The molecule has 31 heavy (non-hydrogen) atoms. The summed E-state index contributed by atoms with van der Waals surface area (Å²) in [4.78, 5) is 18.9. The summed E-state index contributed by atoms with van der Waals surface area (Å²) in [5.41, 5.74) is 4.00. The lowest BCUT2D eigenvalue weighted by molar-refractivity contribution is -0.130. The molecular weight excluding hydrogens is 406 g/mol. The maximum Gasteiger partial charge on any atom is 0.222 e. The summed E-state index contributed by atoms with van der Waals surface area (Å²) in [7, 11) is 0. The molecule has 0 aliphatic heterocycles. The van der Waals surface area contributed by atoms with Crippen molar-refractivity contribution < 1.29 is 4.79 Å². The second-order valence-electron chi connectivity index (χ2n) is 7.37. The molecule has 0 aliphatic carbocycles. The van der Waals surface area contributed by atoms with Crippen LogP contribution in [0.4, 0.5) is 0 Å². The van der Waals surface area contributed by atoms with Gasteiger partial charge >= 0.3 is 0 Å². The molecule has 2 aromatic carbocycles. The van der Waals surface area contributed by atoms with Gasteiger partial charge in [0, 0.05) is 37.2 Å². The van der Waals surface area contributed by atoms with E-state index in [1.54, 1.807) is 11.8 Å². The van der Waals surface area contributed by atoms with Gasteiger partial charge in [0.2, 0.25) is 11.1 Å². The van der Waals surface area contributed by atoms with Crippen LogP contribution in [0, 0.1) is 0 Å². The van der Waals surface area contributed by atoms with Crippen LogP contribution < -0.4 is 0 Å². The van der Waals surface area contributed by atoms with Crippen LogP contribution in [0.5, 0.6) is 0 Å². The van der Waals surface area contributed by atoms with Crippen LogP contribution in [-0.2, 0) is 11.3 Å². The third-order valence-electron chi connectivity index (χ3n) is 5.42. The zero-order valence-electron chi connectivity index (χ0n) is 18.0. The minimum atomic E-state index is 0.211. The van der Waals surface area contributed by atoms with Crippen LogP contribution in [0.15, 0.2) is 59.8 Å². The van der Waals surface area contributed by atoms with Crippen molar-refractivity contribution in [1.29, 1.82) is 0 Å². The summed E-state index contributed by atoms with van der Waals surface area (Å²) in [5.74, 6) is 1.00. The van der Waals surface area contributed by atoms with E-state index in [9.17, 15) is 4.79 Å². The lowest BCUT2D eigenvalue weighted by atomic mass is 10.2. The molecule has 0 N–H and O–H groups in total. The minimum Gasteiger partial charge on any atom is -0.343 e. The first kappa shape index (κ1) is 21.3. The van der Waals surface area contributed by atoms with E-state index >= 15 is 0 Å². The van der Waals surface area contributed by atoms with E-state index in [1.807, 2.05) is 36.9 Å². The first-order valence-corrected chi connectivity index (χ1v) is 11.8. The Morgan fingerprint density at radius 2 is 1.74 bits per heavy atom. The fourth-order valence-electron chi connectivity index (χ4n) is 3.80. The molecule has 0 saturated heterocycles. The monoisotopic (exact) mass is 433 g/mol. The van der Waals surface area contributed by atoms with Gasteiger partial charge in [-0.05, 0) is 31.9 Å². The summed E-state index contributed by atoms with van der Waals surface area (Å²) in [6.07, 6.45) is 1.35. The number of nitrogens with zero attached hydrogens (tertiary/aromatic N) is 5. The number of hydrogen-bond acceptors (Lipinski definition) is 5. The zero-order valence-corrected chi connectivity index (χ0v) is 18.8. The smallest absolute Gasteiger partial charge is 0.222 e. The molecule has 0 aliphatic rings. The van der Waals surface area contributed by atoms with Gasteiger partial charge in [0.25, 0.3) is 0 Å². The highest BCUT2D eigenvalue weighted by Crippen LogP contribution is 2.28. The van der Waals surface area contributed by atoms with E-state index in [4.69, 9.17) is 4.98 Å². The highest BCUT2D eigenvalue weighted by Gasteiger charge is 2.15. The molecule has 6 nitrogen and oxygen atoms in total. The van der Waals surface area contributed by atoms with Crippen molar-refractivity contribution in [3.8, 4) is 0 Å². The van der Waals surface area contributed by atoms with Crippen molar-refractivity contribution in [3.05, 3.63) is 60.2 Å². The third kappa shape index (κ3) is 4.71. The fraction of sp³-hybridized carbons (Fsp3) is 0.333. The largest absolute Gasteiger partial charge is 0.343 e. The van der Waals surface area contributed by atoms with E-state index < -0.39 is 0 Å². The molecule has 2 aromatic heterocycles. The first-order valence-electron chi connectivity index (χ1n) is 10.8. The number of carbonyl (C=O) groups is 1. The van der Waals surface area contributed by atoms with Gasteiger partial charge in [0.15, 0.2) is 5.65 Å². The number of rotatable bonds is 9. The van der Waals surface area contributed by atoms with E-state index in [1.165, 1.54) is 5.56 Å². The normalized spacial score (nSPS) is 11.3. The number of para-hydroxylation sites is 1.